The van der Waals surface area contributed by atoms with Gasteiger partial charge >= 0.3 is 0 Å². The Kier molecular flexibility index (Phi) is 6.12. The number of aryl methyl sites for hydroxylation is 1. The third-order valence-electron chi connectivity index (χ3n) is 4.66. The van der Waals surface area contributed by atoms with Crippen molar-refractivity contribution in [3.05, 3.63) is 53.7 Å². The Balaban J connectivity index is 2.12. The number of anilines is 3. The van der Waals surface area contributed by atoms with Gasteiger partial charge in [0.1, 0.15) is 11.3 Å². The summed E-state index contributed by atoms with van der Waals surface area (Å²) in [6, 6.07) is 11.3. The van der Waals surface area contributed by atoms with Crippen LogP contribution < -0.4 is 15.4 Å². The lowest BCUT2D eigenvalue weighted by molar-refractivity contribution is -0.114. The van der Waals surface area contributed by atoms with E-state index in [0.717, 1.165) is 28.7 Å². The van der Waals surface area contributed by atoms with E-state index in [-0.39, 0.29) is 11.7 Å². The Morgan fingerprint density at radius 2 is 1.97 bits per heavy atom. The number of hydrogen-bond donors (Lipinski definition) is 2. The molecule has 2 N–H and O–H groups in total. The van der Waals surface area contributed by atoms with Crippen molar-refractivity contribution in [1.29, 1.82) is 0 Å². The lowest BCUT2D eigenvalue weighted by Gasteiger charge is -2.17. The lowest BCUT2D eigenvalue weighted by atomic mass is 10.0. The first-order valence-corrected chi connectivity index (χ1v) is 9.58. The van der Waals surface area contributed by atoms with E-state index < -0.39 is 0 Å². The van der Waals surface area contributed by atoms with Crippen LogP contribution in [0.25, 0.3) is 10.9 Å². The highest BCUT2D eigenvalue weighted by molar-refractivity contribution is 6.10. The minimum Gasteiger partial charge on any atom is -0.494 e. The number of amides is 1. The van der Waals surface area contributed by atoms with Crippen LogP contribution in [0.15, 0.2) is 42.6 Å². The number of carbonyl (C=O) groups excluding carboxylic acids is 2. The molecule has 6 heteroatoms. The summed E-state index contributed by atoms with van der Waals surface area (Å²) >= 11 is 0. The van der Waals surface area contributed by atoms with E-state index >= 15 is 0 Å². The highest BCUT2D eigenvalue weighted by atomic mass is 16.5. The van der Waals surface area contributed by atoms with Crippen molar-refractivity contribution in [2.45, 2.75) is 33.6 Å². The van der Waals surface area contributed by atoms with Gasteiger partial charge in [-0.25, -0.2) is 0 Å². The molecule has 0 aliphatic carbocycles. The smallest absolute Gasteiger partial charge is 0.221 e. The number of pyridine rings is 1. The lowest BCUT2D eigenvalue weighted by Crippen LogP contribution is -2.08. The van der Waals surface area contributed by atoms with E-state index in [4.69, 9.17) is 4.74 Å². The highest BCUT2D eigenvalue weighted by Gasteiger charge is 2.17. The highest BCUT2D eigenvalue weighted by Crippen LogP contribution is 2.35. The Hall–Kier alpha value is -3.41. The maximum absolute atomic E-state index is 12.8. The zero-order chi connectivity index (χ0) is 21.0. The molecule has 2 aromatic carbocycles. The number of carbonyl (C=O) groups is 2. The van der Waals surface area contributed by atoms with Crippen LogP contribution in [-0.4, -0.2) is 23.8 Å². The second kappa shape index (κ2) is 8.73. The summed E-state index contributed by atoms with van der Waals surface area (Å²) in [6.07, 6.45) is 2.83. The van der Waals surface area contributed by atoms with E-state index in [2.05, 4.69) is 15.6 Å². The van der Waals surface area contributed by atoms with Gasteiger partial charge in [-0.05, 0) is 43.2 Å². The first-order chi connectivity index (χ1) is 13.9. The summed E-state index contributed by atoms with van der Waals surface area (Å²) in [5, 5.41) is 7.02. The number of nitrogens with one attached hydrogen (secondary N) is 2. The van der Waals surface area contributed by atoms with Gasteiger partial charge in [0.05, 0.1) is 18.4 Å². The number of methoxy groups -OCH3 is 1. The summed E-state index contributed by atoms with van der Waals surface area (Å²) in [6.45, 7) is 5.40. The Labute approximate surface area is 170 Å². The number of benzene rings is 2. The van der Waals surface area contributed by atoms with E-state index in [1.165, 1.54) is 6.92 Å². The summed E-state index contributed by atoms with van der Waals surface area (Å²) in [5.41, 5.74) is 4.47. The topological polar surface area (TPSA) is 80.3 Å². The number of aromatic nitrogens is 1. The maximum Gasteiger partial charge on any atom is 0.221 e. The summed E-state index contributed by atoms with van der Waals surface area (Å²) in [7, 11) is 1.60. The number of nitrogens with zero attached hydrogens (tertiary/aromatic N) is 1. The molecule has 0 bridgehead atoms. The zero-order valence-electron chi connectivity index (χ0n) is 17.1. The molecule has 150 valence electrons. The molecule has 0 saturated carbocycles. The molecule has 6 nitrogen and oxygen atoms in total. The molecule has 29 heavy (non-hydrogen) atoms. The average molecular weight is 391 g/mol. The van der Waals surface area contributed by atoms with Gasteiger partial charge in [-0.1, -0.05) is 19.1 Å². The van der Waals surface area contributed by atoms with Gasteiger partial charge in [-0.2, -0.15) is 0 Å². The first kappa shape index (κ1) is 20.3. The van der Waals surface area contributed by atoms with Crippen LogP contribution in [0.5, 0.6) is 5.75 Å². The van der Waals surface area contributed by atoms with Crippen LogP contribution >= 0.6 is 0 Å². The van der Waals surface area contributed by atoms with Gasteiger partial charge < -0.3 is 15.4 Å². The Morgan fingerprint density at radius 1 is 1.17 bits per heavy atom. The largest absolute Gasteiger partial charge is 0.494 e. The molecule has 0 fully saturated rings. The molecule has 0 radical (unpaired) electrons. The van der Waals surface area contributed by atoms with Crippen molar-refractivity contribution in [2.24, 2.45) is 0 Å². The van der Waals surface area contributed by atoms with Crippen LogP contribution in [0.4, 0.5) is 17.1 Å². The number of para-hydroxylation sites is 1. The number of rotatable bonds is 7. The molecule has 1 heterocycles. The normalized spacial score (nSPS) is 10.6. The third-order valence-corrected chi connectivity index (χ3v) is 4.66. The molecule has 1 aromatic heterocycles. The molecule has 0 aliphatic rings. The Bertz CT molecular complexity index is 1080. The number of hydrogen-bond acceptors (Lipinski definition) is 5. The van der Waals surface area contributed by atoms with Gasteiger partial charge in [0.2, 0.25) is 5.91 Å². The van der Waals surface area contributed by atoms with Crippen LogP contribution in [0, 0.1) is 6.92 Å². The second-order valence-corrected chi connectivity index (χ2v) is 6.91. The molecular weight excluding hydrogens is 366 g/mol. The zero-order valence-corrected chi connectivity index (χ0v) is 17.1. The third kappa shape index (κ3) is 4.37. The van der Waals surface area contributed by atoms with E-state index in [0.29, 0.717) is 28.9 Å². The molecule has 1 amide bonds. The molecule has 0 saturated heterocycles. The minimum absolute atomic E-state index is 0.0414. The number of ketones is 1. The van der Waals surface area contributed by atoms with Crippen molar-refractivity contribution >= 4 is 39.7 Å². The maximum atomic E-state index is 12.8. The molecule has 3 aromatic rings. The summed E-state index contributed by atoms with van der Waals surface area (Å²) in [5.74, 6) is 0.572. The average Bonchev–Trinajstić information content (AvgIpc) is 2.69. The Morgan fingerprint density at radius 3 is 2.62 bits per heavy atom. The molecule has 3 rings (SSSR count). The standard InChI is InChI=1S/C23H25N3O3/c1-5-7-20(28)18-13-24-23-17(8-6-9-21(23)29-4)22(18)26-19-11-10-16(12-14(19)2)25-15(3)27/h6,8-13H,5,7H2,1-4H3,(H,24,26)(H,25,27). The first-order valence-electron chi connectivity index (χ1n) is 9.58. The van der Waals surface area contributed by atoms with Gasteiger partial charge in [-0.15, -0.1) is 0 Å². The van der Waals surface area contributed by atoms with E-state index in [9.17, 15) is 9.59 Å². The summed E-state index contributed by atoms with van der Waals surface area (Å²) < 4.78 is 5.44. The summed E-state index contributed by atoms with van der Waals surface area (Å²) in [4.78, 5) is 28.6. The van der Waals surface area contributed by atoms with Gasteiger partial charge in [0.25, 0.3) is 0 Å². The van der Waals surface area contributed by atoms with Gasteiger partial charge in [0, 0.05) is 36.3 Å². The van der Waals surface area contributed by atoms with Crippen molar-refractivity contribution in [2.75, 3.05) is 17.7 Å². The number of Topliss-reactive ketones (excluding diaryl/α,β-unsaturated/α-hetero) is 1. The van der Waals surface area contributed by atoms with Crippen molar-refractivity contribution < 1.29 is 14.3 Å². The fraction of sp³-hybridized carbons (Fsp3) is 0.261. The van der Waals surface area contributed by atoms with Gasteiger partial charge in [0.15, 0.2) is 5.78 Å². The quantitative estimate of drug-likeness (QED) is 0.539. The molecular formula is C23H25N3O3. The van der Waals surface area contributed by atoms with Crippen molar-refractivity contribution in [3.8, 4) is 5.75 Å². The molecule has 0 atom stereocenters. The predicted octanol–water partition coefficient (Wildman–Crippen LogP) is 5.24. The molecule has 0 unspecified atom stereocenters. The predicted molar refractivity (Wildman–Crippen MR) is 116 cm³/mol. The van der Waals surface area contributed by atoms with Crippen LogP contribution in [0.2, 0.25) is 0 Å². The molecule has 0 aliphatic heterocycles. The number of ether oxygens (including phenoxy) is 1. The van der Waals surface area contributed by atoms with Crippen LogP contribution in [0.3, 0.4) is 0 Å². The van der Waals surface area contributed by atoms with Crippen molar-refractivity contribution in [1.82, 2.24) is 4.98 Å². The van der Waals surface area contributed by atoms with Crippen LogP contribution in [-0.2, 0) is 4.79 Å². The second-order valence-electron chi connectivity index (χ2n) is 6.91. The van der Waals surface area contributed by atoms with E-state index in [1.54, 1.807) is 13.3 Å². The fourth-order valence-corrected chi connectivity index (χ4v) is 3.29. The monoisotopic (exact) mass is 391 g/mol. The fourth-order valence-electron chi connectivity index (χ4n) is 3.29. The van der Waals surface area contributed by atoms with Crippen LogP contribution in [0.1, 0.15) is 42.6 Å². The molecule has 0 spiro atoms. The SMILES string of the molecule is CCCC(=O)c1cnc2c(OC)cccc2c1Nc1ccc(NC(C)=O)cc1C. The minimum atomic E-state index is -0.121. The van der Waals surface area contributed by atoms with Gasteiger partial charge in [-0.3, -0.25) is 14.6 Å². The number of fused-ring (bicyclic) bond motifs is 1. The van der Waals surface area contributed by atoms with E-state index in [1.807, 2.05) is 50.2 Å². The van der Waals surface area contributed by atoms with Crippen molar-refractivity contribution in [3.63, 3.8) is 0 Å².